The summed E-state index contributed by atoms with van der Waals surface area (Å²) in [5.74, 6) is -2.48. The topological polar surface area (TPSA) is 69.7 Å². The maximum absolute atomic E-state index is 12.1. The van der Waals surface area contributed by atoms with Crippen LogP contribution in [0.4, 0.5) is 0 Å². The summed E-state index contributed by atoms with van der Waals surface area (Å²) < 4.78 is 9.16. The molecule has 0 aliphatic rings. The van der Waals surface area contributed by atoms with Crippen LogP contribution in [0, 0.1) is 5.92 Å². The van der Waals surface area contributed by atoms with E-state index in [1.165, 1.54) is 65.6 Å². The maximum Gasteiger partial charge on any atom is 0.316 e. The highest BCUT2D eigenvalue weighted by Crippen LogP contribution is 2.15. The number of ketones is 1. The van der Waals surface area contributed by atoms with Crippen molar-refractivity contribution >= 4 is 17.7 Å². The molecule has 0 radical (unpaired) electrons. The van der Waals surface area contributed by atoms with Crippen LogP contribution in [0.25, 0.3) is 0 Å². The first-order valence-corrected chi connectivity index (χ1v) is 9.74. The molecule has 0 saturated carbocycles. The molecule has 5 nitrogen and oxygen atoms in total. The van der Waals surface area contributed by atoms with Gasteiger partial charge in [-0.15, -0.1) is 0 Å². The average Bonchev–Trinajstić information content (AvgIpc) is 2.62. The van der Waals surface area contributed by atoms with Crippen LogP contribution in [0.2, 0.25) is 0 Å². The Balaban J connectivity index is 3.78. The van der Waals surface area contributed by atoms with Crippen LogP contribution in [0.1, 0.15) is 90.4 Å². The minimum atomic E-state index is -1.03. The van der Waals surface area contributed by atoms with Gasteiger partial charge < -0.3 is 9.47 Å². The number of ether oxygens (including phenoxy) is 2. The van der Waals surface area contributed by atoms with E-state index in [2.05, 4.69) is 16.4 Å². The predicted molar refractivity (Wildman–Crippen MR) is 98.2 cm³/mol. The Morgan fingerprint density at radius 2 is 1.20 bits per heavy atom. The van der Waals surface area contributed by atoms with E-state index in [-0.39, 0.29) is 12.2 Å². The monoisotopic (exact) mass is 356 g/mol. The molecule has 0 bridgehead atoms. The summed E-state index contributed by atoms with van der Waals surface area (Å²) in [5.41, 5.74) is 0. The molecule has 0 unspecified atom stereocenters. The largest absolute Gasteiger partial charge is 0.469 e. The Hall–Kier alpha value is -1.39. The van der Waals surface area contributed by atoms with Crippen LogP contribution in [-0.4, -0.2) is 31.9 Å². The number of unbranched alkanes of at least 4 members (excludes halogenated alkanes) is 10. The van der Waals surface area contributed by atoms with Gasteiger partial charge in [0.2, 0.25) is 0 Å². The first-order valence-electron chi connectivity index (χ1n) is 9.74. The van der Waals surface area contributed by atoms with E-state index >= 15 is 0 Å². The normalized spacial score (nSPS) is 11.8. The smallest absolute Gasteiger partial charge is 0.316 e. The van der Waals surface area contributed by atoms with E-state index in [9.17, 15) is 14.4 Å². The molecule has 0 saturated heterocycles. The maximum atomic E-state index is 12.1. The van der Waals surface area contributed by atoms with Gasteiger partial charge in [-0.2, -0.15) is 0 Å². The van der Waals surface area contributed by atoms with Crippen molar-refractivity contribution in [1.82, 2.24) is 0 Å². The summed E-state index contributed by atoms with van der Waals surface area (Å²) >= 11 is 0. The summed E-state index contributed by atoms with van der Waals surface area (Å²) in [7, 11) is 2.47. The number of hydrogen-bond acceptors (Lipinski definition) is 5. The third kappa shape index (κ3) is 12.6. The zero-order chi connectivity index (χ0) is 18.9. The van der Waals surface area contributed by atoms with Gasteiger partial charge in [-0.25, -0.2) is 0 Å². The van der Waals surface area contributed by atoms with E-state index in [0.717, 1.165) is 19.3 Å². The molecular weight excluding hydrogens is 320 g/mol. The first kappa shape index (κ1) is 23.6. The fourth-order valence-electron chi connectivity index (χ4n) is 2.86. The molecule has 5 heteroatoms. The van der Waals surface area contributed by atoms with Crippen molar-refractivity contribution in [2.24, 2.45) is 5.92 Å². The minimum absolute atomic E-state index is 0.229. The third-order valence-electron chi connectivity index (χ3n) is 4.50. The fraction of sp³-hybridized carbons (Fsp3) is 0.850. The van der Waals surface area contributed by atoms with Crippen molar-refractivity contribution in [2.75, 3.05) is 14.2 Å². The van der Waals surface area contributed by atoms with Crippen molar-refractivity contribution in [3.05, 3.63) is 0 Å². The molecule has 0 amide bonds. The Labute approximate surface area is 152 Å². The van der Waals surface area contributed by atoms with Crippen molar-refractivity contribution in [2.45, 2.75) is 90.4 Å². The Bertz CT molecular complexity index is 378. The van der Waals surface area contributed by atoms with Crippen LogP contribution in [0.3, 0.4) is 0 Å². The summed E-state index contributed by atoms with van der Waals surface area (Å²) in [6.45, 7) is 2.23. The van der Waals surface area contributed by atoms with Crippen molar-refractivity contribution in [3.8, 4) is 0 Å². The number of methoxy groups -OCH3 is 2. The molecule has 0 spiro atoms. The lowest BCUT2D eigenvalue weighted by Crippen LogP contribution is -2.28. The fourth-order valence-corrected chi connectivity index (χ4v) is 2.86. The second-order valence-electron chi connectivity index (χ2n) is 6.61. The SMILES string of the molecule is CCCCCCCCCCCCCC(=O)[C@H](CC(=O)OC)C(=O)OC. The molecule has 0 aromatic rings. The summed E-state index contributed by atoms with van der Waals surface area (Å²) in [6.07, 6.45) is 13.3. The molecular formula is C20H36O5. The van der Waals surface area contributed by atoms with Crippen LogP contribution in [0.5, 0.6) is 0 Å². The van der Waals surface area contributed by atoms with E-state index in [1.54, 1.807) is 0 Å². The predicted octanol–water partition coefficient (Wildman–Crippen LogP) is 4.61. The summed E-state index contributed by atoms with van der Waals surface area (Å²) in [6, 6.07) is 0. The van der Waals surface area contributed by atoms with Gasteiger partial charge in [0.05, 0.1) is 20.6 Å². The zero-order valence-corrected chi connectivity index (χ0v) is 16.3. The second-order valence-corrected chi connectivity index (χ2v) is 6.61. The van der Waals surface area contributed by atoms with Gasteiger partial charge in [0.15, 0.2) is 0 Å². The van der Waals surface area contributed by atoms with Gasteiger partial charge in [0.1, 0.15) is 11.7 Å². The van der Waals surface area contributed by atoms with E-state index < -0.39 is 17.9 Å². The highest BCUT2D eigenvalue weighted by Gasteiger charge is 2.29. The van der Waals surface area contributed by atoms with Crippen LogP contribution in [-0.2, 0) is 23.9 Å². The highest BCUT2D eigenvalue weighted by molar-refractivity contribution is 6.01. The number of rotatable bonds is 16. The van der Waals surface area contributed by atoms with Gasteiger partial charge in [-0.05, 0) is 6.42 Å². The molecule has 0 rings (SSSR count). The molecule has 0 fully saturated rings. The Morgan fingerprint density at radius 1 is 0.720 bits per heavy atom. The average molecular weight is 357 g/mol. The lowest BCUT2D eigenvalue weighted by atomic mass is 9.95. The molecule has 0 heterocycles. The molecule has 1 atom stereocenters. The highest BCUT2D eigenvalue weighted by atomic mass is 16.5. The zero-order valence-electron chi connectivity index (χ0n) is 16.3. The molecule has 0 aliphatic heterocycles. The summed E-state index contributed by atoms with van der Waals surface area (Å²) in [5, 5.41) is 0. The molecule has 0 aliphatic carbocycles. The third-order valence-corrected chi connectivity index (χ3v) is 4.50. The molecule has 0 aromatic heterocycles. The van der Waals surface area contributed by atoms with Gasteiger partial charge in [0.25, 0.3) is 0 Å². The van der Waals surface area contributed by atoms with Gasteiger partial charge >= 0.3 is 11.9 Å². The molecule has 0 aromatic carbocycles. The number of hydrogen-bond donors (Lipinski definition) is 0. The number of carbonyl (C=O) groups excluding carboxylic acids is 3. The number of Topliss-reactive ketones (excluding diaryl/α,β-unsaturated/α-hetero) is 1. The van der Waals surface area contributed by atoms with Crippen LogP contribution in [0.15, 0.2) is 0 Å². The van der Waals surface area contributed by atoms with Crippen molar-refractivity contribution in [1.29, 1.82) is 0 Å². The standard InChI is InChI=1S/C20H36O5/c1-4-5-6-7-8-9-10-11-12-13-14-15-18(21)17(20(23)25-3)16-19(22)24-2/h17H,4-16H2,1-3H3/t17-/m0/s1. The number of carbonyl (C=O) groups is 3. The van der Waals surface area contributed by atoms with Gasteiger partial charge in [-0.1, -0.05) is 71.1 Å². The van der Waals surface area contributed by atoms with Crippen molar-refractivity contribution in [3.63, 3.8) is 0 Å². The lowest BCUT2D eigenvalue weighted by molar-refractivity contribution is -0.155. The second kappa shape index (κ2) is 16.1. The van der Waals surface area contributed by atoms with E-state index in [0.29, 0.717) is 6.42 Å². The minimum Gasteiger partial charge on any atom is -0.469 e. The van der Waals surface area contributed by atoms with Crippen LogP contribution < -0.4 is 0 Å². The van der Waals surface area contributed by atoms with Crippen molar-refractivity contribution < 1.29 is 23.9 Å². The quantitative estimate of drug-likeness (QED) is 0.229. The summed E-state index contributed by atoms with van der Waals surface area (Å²) in [4.78, 5) is 35.1. The van der Waals surface area contributed by atoms with E-state index in [4.69, 9.17) is 0 Å². The molecule has 146 valence electrons. The van der Waals surface area contributed by atoms with Crippen LogP contribution >= 0.6 is 0 Å². The Kier molecular flexibility index (Phi) is 15.2. The molecule has 0 N–H and O–H groups in total. The number of esters is 2. The lowest BCUT2D eigenvalue weighted by Gasteiger charge is -2.12. The van der Waals surface area contributed by atoms with Gasteiger partial charge in [-0.3, -0.25) is 14.4 Å². The molecule has 25 heavy (non-hydrogen) atoms. The Morgan fingerprint density at radius 3 is 1.64 bits per heavy atom. The van der Waals surface area contributed by atoms with E-state index in [1.807, 2.05) is 0 Å². The van der Waals surface area contributed by atoms with Gasteiger partial charge in [0, 0.05) is 6.42 Å². The first-order chi connectivity index (χ1) is 12.1.